The van der Waals surface area contributed by atoms with Crippen LogP contribution < -0.4 is 0 Å². The average Bonchev–Trinajstić information content (AvgIpc) is 3.68. The highest BCUT2D eigenvalue weighted by Gasteiger charge is 2.64. The lowest BCUT2D eigenvalue weighted by atomic mass is 9.64. The predicted molar refractivity (Wildman–Crippen MR) is 146 cm³/mol. The lowest BCUT2D eigenvalue weighted by molar-refractivity contribution is -0.182. The van der Waals surface area contributed by atoms with Gasteiger partial charge in [0, 0.05) is 44.2 Å². The van der Waals surface area contributed by atoms with Gasteiger partial charge in [-0.2, -0.15) is 0 Å². The lowest BCUT2D eigenvalue weighted by Gasteiger charge is -2.53. The quantitative estimate of drug-likeness (QED) is 0.437. The molecule has 5 rings (SSSR count). The minimum atomic E-state index is -1.21. The summed E-state index contributed by atoms with van der Waals surface area (Å²) in [6, 6.07) is 3.56. The minimum absolute atomic E-state index is 0.0517. The number of hydrogen-bond donors (Lipinski definition) is 0. The molecule has 1 aromatic heterocycles. The largest absolute Gasteiger partial charge is 0.468 e. The molecule has 3 amide bonds. The number of methoxy groups -OCH3 is 1. The van der Waals surface area contributed by atoms with Crippen LogP contribution in [0.2, 0.25) is 0 Å². The molecule has 1 aliphatic carbocycles. The molecule has 0 N–H and O–H groups in total. The van der Waals surface area contributed by atoms with E-state index >= 15 is 0 Å². The first-order valence-electron chi connectivity index (χ1n) is 14.7. The molecule has 0 unspecified atom stereocenters. The number of rotatable bonds is 8. The molecule has 2 saturated heterocycles. The van der Waals surface area contributed by atoms with Crippen molar-refractivity contribution in [3.8, 4) is 0 Å². The van der Waals surface area contributed by atoms with E-state index in [0.717, 1.165) is 12.8 Å². The lowest BCUT2D eigenvalue weighted by Crippen LogP contribution is -2.61. The maximum atomic E-state index is 14.2. The summed E-state index contributed by atoms with van der Waals surface area (Å²) in [6.45, 7) is 7.73. The third-order valence-corrected chi connectivity index (χ3v) is 8.77. The second-order valence-electron chi connectivity index (χ2n) is 11.8. The van der Waals surface area contributed by atoms with Gasteiger partial charge in [0.05, 0.1) is 38.7 Å². The van der Waals surface area contributed by atoms with Crippen molar-refractivity contribution in [2.45, 2.75) is 65.2 Å². The fraction of sp³-hybridized carbons (Fsp3) is 0.667. The van der Waals surface area contributed by atoms with Crippen LogP contribution in [0.4, 0.5) is 4.79 Å². The van der Waals surface area contributed by atoms with Crippen LogP contribution in [0.5, 0.6) is 0 Å². The van der Waals surface area contributed by atoms with E-state index in [1.165, 1.54) is 7.11 Å². The van der Waals surface area contributed by atoms with Crippen LogP contribution in [0.25, 0.3) is 0 Å². The van der Waals surface area contributed by atoms with Crippen molar-refractivity contribution in [3.63, 3.8) is 0 Å². The Hall–Kier alpha value is -3.34. The molecule has 0 spiro atoms. The summed E-state index contributed by atoms with van der Waals surface area (Å²) < 4.78 is 22.8. The number of carbonyl (C=O) groups is 4. The topological polar surface area (TPSA) is 119 Å². The molecule has 0 radical (unpaired) electrons. The number of esters is 1. The highest BCUT2D eigenvalue weighted by Crippen LogP contribution is 2.56. The van der Waals surface area contributed by atoms with Crippen LogP contribution >= 0.6 is 0 Å². The Morgan fingerprint density at radius 3 is 2.41 bits per heavy atom. The van der Waals surface area contributed by atoms with Crippen molar-refractivity contribution in [2.24, 2.45) is 23.2 Å². The number of piperazine rings is 1. The third-order valence-electron chi connectivity index (χ3n) is 8.77. The molecule has 0 bridgehead atoms. The number of furan rings is 1. The number of piperidine rings is 1. The first-order chi connectivity index (χ1) is 19.7. The van der Waals surface area contributed by atoms with Crippen molar-refractivity contribution in [1.29, 1.82) is 0 Å². The van der Waals surface area contributed by atoms with Crippen molar-refractivity contribution < 1.29 is 37.8 Å². The molecule has 4 heterocycles. The van der Waals surface area contributed by atoms with Gasteiger partial charge >= 0.3 is 12.1 Å². The summed E-state index contributed by atoms with van der Waals surface area (Å²) in [7, 11) is 1.36. The summed E-state index contributed by atoms with van der Waals surface area (Å²) >= 11 is 0. The standard InChI is InChI=1S/C30H41N3O8/c1-5-39-29(37)32-12-10-31(11-13-32)25(34)15-21-17-30(28(36)38-4)24(33(27(21)35)18-22-7-6-14-40-22)16-23(19(2)3)41-26(30)20-8-9-20/h6-7,14,16,19-21,23,26H,5,8-13,15,17-18H2,1-4H3/t21-,23+,26+,30+/m0/s1. The van der Waals surface area contributed by atoms with E-state index in [1.54, 1.807) is 40.0 Å². The Labute approximate surface area is 240 Å². The monoisotopic (exact) mass is 571 g/mol. The second-order valence-corrected chi connectivity index (χ2v) is 11.8. The van der Waals surface area contributed by atoms with E-state index in [0.29, 0.717) is 37.6 Å². The summed E-state index contributed by atoms with van der Waals surface area (Å²) in [5.74, 6) is -0.715. The zero-order valence-electron chi connectivity index (χ0n) is 24.4. The smallest absolute Gasteiger partial charge is 0.409 e. The van der Waals surface area contributed by atoms with E-state index in [9.17, 15) is 19.2 Å². The highest BCUT2D eigenvalue weighted by molar-refractivity contribution is 5.93. The number of fused-ring (bicyclic) bond motifs is 1. The first-order valence-corrected chi connectivity index (χ1v) is 14.7. The minimum Gasteiger partial charge on any atom is -0.468 e. The van der Waals surface area contributed by atoms with Crippen LogP contribution in [0.3, 0.4) is 0 Å². The molecule has 11 nitrogen and oxygen atoms in total. The predicted octanol–water partition coefficient (Wildman–Crippen LogP) is 3.20. The second kappa shape index (κ2) is 11.9. The molecule has 0 aromatic carbocycles. The molecule has 224 valence electrons. The van der Waals surface area contributed by atoms with Crippen LogP contribution in [0, 0.1) is 23.2 Å². The van der Waals surface area contributed by atoms with Crippen LogP contribution in [0.15, 0.2) is 34.6 Å². The Balaban J connectivity index is 1.45. The van der Waals surface area contributed by atoms with E-state index in [2.05, 4.69) is 13.8 Å². The summed E-state index contributed by atoms with van der Waals surface area (Å²) in [6.07, 6.45) is 4.30. The molecular formula is C30H41N3O8. The normalized spacial score (nSPS) is 28.3. The zero-order valence-corrected chi connectivity index (χ0v) is 24.4. The van der Waals surface area contributed by atoms with E-state index in [1.807, 2.05) is 6.08 Å². The van der Waals surface area contributed by atoms with Gasteiger partial charge in [-0.3, -0.25) is 14.4 Å². The summed E-state index contributed by atoms with van der Waals surface area (Å²) in [5.41, 5.74) is -0.616. The van der Waals surface area contributed by atoms with Gasteiger partial charge in [0.1, 0.15) is 11.2 Å². The number of hydrogen-bond acceptors (Lipinski definition) is 8. The number of amides is 3. The van der Waals surface area contributed by atoms with Gasteiger partial charge in [0.25, 0.3) is 0 Å². The summed E-state index contributed by atoms with van der Waals surface area (Å²) in [5, 5.41) is 0. The van der Waals surface area contributed by atoms with Crippen molar-refractivity contribution in [1.82, 2.24) is 14.7 Å². The highest BCUT2D eigenvalue weighted by atomic mass is 16.6. The maximum Gasteiger partial charge on any atom is 0.409 e. The van der Waals surface area contributed by atoms with Gasteiger partial charge in [-0.25, -0.2) is 4.79 Å². The molecule has 1 aromatic rings. The zero-order chi connectivity index (χ0) is 29.3. The van der Waals surface area contributed by atoms with Crippen molar-refractivity contribution in [3.05, 3.63) is 35.9 Å². The Kier molecular flexibility index (Phi) is 8.45. The van der Waals surface area contributed by atoms with Crippen LogP contribution in [-0.4, -0.2) is 90.7 Å². The Morgan fingerprint density at radius 2 is 1.83 bits per heavy atom. The van der Waals surface area contributed by atoms with Crippen LogP contribution in [0.1, 0.15) is 52.2 Å². The van der Waals surface area contributed by atoms with Gasteiger partial charge in [-0.1, -0.05) is 13.8 Å². The summed E-state index contributed by atoms with van der Waals surface area (Å²) in [4.78, 5) is 58.5. The van der Waals surface area contributed by atoms with E-state index in [-0.39, 0.29) is 55.7 Å². The number of carbonyl (C=O) groups excluding carboxylic acids is 4. The molecule has 3 fully saturated rings. The molecule has 3 aliphatic heterocycles. The van der Waals surface area contributed by atoms with Crippen molar-refractivity contribution in [2.75, 3.05) is 39.9 Å². The van der Waals surface area contributed by atoms with Gasteiger partial charge < -0.3 is 33.3 Å². The van der Waals surface area contributed by atoms with Crippen molar-refractivity contribution >= 4 is 23.9 Å². The van der Waals surface area contributed by atoms with Crippen LogP contribution in [-0.2, 0) is 35.1 Å². The molecule has 4 aliphatic rings. The average molecular weight is 572 g/mol. The molecule has 11 heteroatoms. The Bertz CT molecular complexity index is 1170. The number of likely N-dealkylation sites (tertiary alicyclic amines) is 1. The third kappa shape index (κ3) is 5.60. The first kappa shape index (κ1) is 29.2. The SMILES string of the molecule is CCOC(=O)N1CCN(C(=O)C[C@H]2C[C@@]3(C(=O)OC)C(=C[C@H](C(C)C)O[C@@H]3C3CC3)N(Cc3ccco3)C2=O)CC1. The Morgan fingerprint density at radius 1 is 1.12 bits per heavy atom. The maximum absolute atomic E-state index is 14.2. The van der Waals surface area contributed by atoms with Gasteiger partial charge in [-0.05, 0) is 56.2 Å². The van der Waals surface area contributed by atoms with Gasteiger partial charge in [-0.15, -0.1) is 0 Å². The van der Waals surface area contributed by atoms with Gasteiger partial charge in [0.2, 0.25) is 11.8 Å². The van der Waals surface area contributed by atoms with E-state index in [4.69, 9.17) is 18.6 Å². The fourth-order valence-corrected chi connectivity index (χ4v) is 6.46. The number of nitrogens with zero attached hydrogens (tertiary/aromatic N) is 3. The van der Waals surface area contributed by atoms with Gasteiger partial charge in [0.15, 0.2) is 0 Å². The molecular weight excluding hydrogens is 530 g/mol. The molecule has 4 atom stereocenters. The molecule has 41 heavy (non-hydrogen) atoms. The number of ether oxygens (including phenoxy) is 3. The fourth-order valence-electron chi connectivity index (χ4n) is 6.46. The van der Waals surface area contributed by atoms with E-state index < -0.39 is 29.5 Å². The molecule has 1 saturated carbocycles.